The van der Waals surface area contributed by atoms with E-state index in [9.17, 15) is 9.59 Å². The zero-order valence-corrected chi connectivity index (χ0v) is 15.4. The fourth-order valence-electron chi connectivity index (χ4n) is 2.40. The molecule has 0 saturated carbocycles. The van der Waals surface area contributed by atoms with Gasteiger partial charge in [0.1, 0.15) is 0 Å². The SMILES string of the molecule is Cc1ccc(N(CCC#N)C(=O)COC(=O)c2cc(C)sc2C)cc1. The molecule has 0 aliphatic carbocycles. The van der Waals surface area contributed by atoms with E-state index in [-0.39, 0.29) is 25.5 Å². The zero-order valence-electron chi connectivity index (χ0n) is 14.5. The number of amides is 1. The molecule has 0 spiro atoms. The molecule has 0 aliphatic rings. The first kappa shape index (κ1) is 18.7. The van der Waals surface area contributed by atoms with Crippen molar-refractivity contribution in [2.24, 2.45) is 0 Å². The standard InChI is InChI=1S/C19H20N2O3S/c1-13-5-7-16(8-6-13)21(10-4-9-20)18(22)12-24-19(23)17-11-14(2)25-15(17)3/h5-8,11H,4,10,12H2,1-3H3. The second-order valence-corrected chi connectivity index (χ2v) is 7.15. The molecule has 0 unspecified atom stereocenters. The maximum atomic E-state index is 12.5. The Kier molecular flexibility index (Phi) is 6.31. The lowest BCUT2D eigenvalue weighted by Crippen LogP contribution is -2.35. The van der Waals surface area contributed by atoms with Gasteiger partial charge in [0.2, 0.25) is 0 Å². The molecule has 25 heavy (non-hydrogen) atoms. The Bertz CT molecular complexity index is 803. The topological polar surface area (TPSA) is 70.4 Å². The molecule has 0 atom stereocenters. The van der Waals surface area contributed by atoms with Gasteiger partial charge < -0.3 is 9.64 Å². The Morgan fingerprint density at radius 3 is 2.44 bits per heavy atom. The van der Waals surface area contributed by atoms with Crippen LogP contribution in [0.1, 0.15) is 32.1 Å². The molecule has 0 fully saturated rings. The van der Waals surface area contributed by atoms with Gasteiger partial charge in [0.15, 0.2) is 6.61 Å². The van der Waals surface area contributed by atoms with E-state index in [1.54, 1.807) is 6.07 Å². The number of rotatable bonds is 6. The molecule has 5 nitrogen and oxygen atoms in total. The van der Waals surface area contributed by atoms with Crippen LogP contribution in [0.3, 0.4) is 0 Å². The van der Waals surface area contributed by atoms with Crippen molar-refractivity contribution < 1.29 is 14.3 Å². The molecule has 6 heteroatoms. The molecule has 130 valence electrons. The maximum Gasteiger partial charge on any atom is 0.339 e. The van der Waals surface area contributed by atoms with E-state index in [2.05, 4.69) is 0 Å². The van der Waals surface area contributed by atoms with E-state index >= 15 is 0 Å². The number of nitriles is 1. The predicted molar refractivity (Wildman–Crippen MR) is 97.8 cm³/mol. The lowest BCUT2D eigenvalue weighted by molar-refractivity contribution is -0.121. The number of aryl methyl sites for hydroxylation is 3. The van der Waals surface area contributed by atoms with Crippen LogP contribution in [0.25, 0.3) is 0 Å². The highest BCUT2D eigenvalue weighted by atomic mass is 32.1. The summed E-state index contributed by atoms with van der Waals surface area (Å²) in [6.45, 7) is 5.62. The Morgan fingerprint density at radius 1 is 1.20 bits per heavy atom. The molecule has 0 aliphatic heterocycles. The zero-order chi connectivity index (χ0) is 18.4. The third-order valence-electron chi connectivity index (χ3n) is 3.68. The van der Waals surface area contributed by atoms with Gasteiger partial charge >= 0.3 is 5.97 Å². The summed E-state index contributed by atoms with van der Waals surface area (Å²) >= 11 is 1.52. The lowest BCUT2D eigenvalue weighted by atomic mass is 10.2. The number of ether oxygens (including phenoxy) is 1. The van der Waals surface area contributed by atoms with Gasteiger partial charge in [-0.1, -0.05) is 17.7 Å². The minimum Gasteiger partial charge on any atom is -0.452 e. The summed E-state index contributed by atoms with van der Waals surface area (Å²) in [6, 6.07) is 11.2. The van der Waals surface area contributed by atoms with Crippen LogP contribution in [-0.4, -0.2) is 25.0 Å². The van der Waals surface area contributed by atoms with Crippen molar-refractivity contribution >= 4 is 28.9 Å². The summed E-state index contributed by atoms with van der Waals surface area (Å²) in [4.78, 5) is 28.0. The van der Waals surface area contributed by atoms with Crippen molar-refractivity contribution in [2.45, 2.75) is 27.2 Å². The van der Waals surface area contributed by atoms with Crippen LogP contribution in [0.4, 0.5) is 5.69 Å². The highest BCUT2D eigenvalue weighted by Crippen LogP contribution is 2.21. The largest absolute Gasteiger partial charge is 0.452 e. The molecule has 0 bridgehead atoms. The number of benzene rings is 1. The van der Waals surface area contributed by atoms with Gasteiger partial charge in [-0.3, -0.25) is 4.79 Å². The highest BCUT2D eigenvalue weighted by molar-refractivity contribution is 7.12. The summed E-state index contributed by atoms with van der Waals surface area (Å²) in [6.07, 6.45) is 0.205. The summed E-state index contributed by atoms with van der Waals surface area (Å²) in [5.74, 6) is -0.851. The predicted octanol–water partition coefficient (Wildman–Crippen LogP) is 3.78. The highest BCUT2D eigenvalue weighted by Gasteiger charge is 2.19. The molecule has 1 aromatic heterocycles. The van der Waals surface area contributed by atoms with E-state index in [1.807, 2.05) is 51.1 Å². The molecule has 2 rings (SSSR count). The molecular formula is C19H20N2O3S. The van der Waals surface area contributed by atoms with Gasteiger partial charge in [0.25, 0.3) is 5.91 Å². The van der Waals surface area contributed by atoms with Gasteiger partial charge in [0.05, 0.1) is 18.1 Å². The second kappa shape index (κ2) is 8.45. The Balaban J connectivity index is 2.06. The number of anilines is 1. The fourth-order valence-corrected chi connectivity index (χ4v) is 3.31. The van der Waals surface area contributed by atoms with Crippen molar-refractivity contribution in [3.05, 3.63) is 51.2 Å². The van der Waals surface area contributed by atoms with Crippen LogP contribution >= 0.6 is 11.3 Å². The number of nitrogens with zero attached hydrogens (tertiary/aromatic N) is 2. The van der Waals surface area contributed by atoms with E-state index in [0.29, 0.717) is 11.3 Å². The third kappa shape index (κ3) is 4.91. The van der Waals surface area contributed by atoms with Crippen LogP contribution in [0, 0.1) is 32.1 Å². The number of carbonyl (C=O) groups excluding carboxylic acids is 2. The van der Waals surface area contributed by atoms with Crippen molar-refractivity contribution in [1.82, 2.24) is 0 Å². The van der Waals surface area contributed by atoms with Crippen molar-refractivity contribution in [2.75, 3.05) is 18.1 Å². The second-order valence-electron chi connectivity index (χ2n) is 5.69. The lowest BCUT2D eigenvalue weighted by Gasteiger charge is -2.21. The minimum atomic E-state index is -0.501. The summed E-state index contributed by atoms with van der Waals surface area (Å²) in [5.41, 5.74) is 2.25. The van der Waals surface area contributed by atoms with E-state index in [4.69, 9.17) is 10.00 Å². The molecular weight excluding hydrogens is 336 g/mol. The van der Waals surface area contributed by atoms with Crippen molar-refractivity contribution in [1.29, 1.82) is 5.26 Å². The molecule has 0 N–H and O–H groups in total. The summed E-state index contributed by atoms with van der Waals surface area (Å²) in [7, 11) is 0. The first-order chi connectivity index (χ1) is 11.9. The summed E-state index contributed by atoms with van der Waals surface area (Å²) in [5, 5.41) is 8.82. The Morgan fingerprint density at radius 2 is 1.88 bits per heavy atom. The van der Waals surface area contributed by atoms with E-state index < -0.39 is 5.97 Å². The van der Waals surface area contributed by atoms with Gasteiger partial charge in [-0.05, 0) is 39.0 Å². The monoisotopic (exact) mass is 356 g/mol. The Labute approximate surface area is 151 Å². The maximum absolute atomic E-state index is 12.5. The van der Waals surface area contributed by atoms with E-state index in [1.165, 1.54) is 16.2 Å². The average Bonchev–Trinajstić information content (AvgIpc) is 2.93. The number of esters is 1. The van der Waals surface area contributed by atoms with Crippen LogP contribution in [0.2, 0.25) is 0 Å². The third-order valence-corrected chi connectivity index (χ3v) is 4.65. The molecule has 0 saturated heterocycles. The average molecular weight is 356 g/mol. The molecule has 2 aromatic rings. The number of carbonyl (C=O) groups is 2. The van der Waals surface area contributed by atoms with Gasteiger partial charge in [-0.25, -0.2) is 4.79 Å². The van der Waals surface area contributed by atoms with Gasteiger partial charge in [-0.2, -0.15) is 5.26 Å². The minimum absolute atomic E-state index is 0.205. The molecule has 1 heterocycles. The van der Waals surface area contributed by atoms with Crippen molar-refractivity contribution in [3.63, 3.8) is 0 Å². The number of thiophene rings is 1. The summed E-state index contributed by atoms with van der Waals surface area (Å²) < 4.78 is 5.18. The Hall–Kier alpha value is -2.65. The van der Waals surface area contributed by atoms with Crippen LogP contribution in [0.15, 0.2) is 30.3 Å². The first-order valence-electron chi connectivity index (χ1n) is 7.90. The fraction of sp³-hybridized carbons (Fsp3) is 0.316. The quantitative estimate of drug-likeness (QED) is 0.739. The molecule has 0 radical (unpaired) electrons. The normalized spacial score (nSPS) is 10.2. The van der Waals surface area contributed by atoms with Crippen LogP contribution < -0.4 is 4.90 Å². The van der Waals surface area contributed by atoms with Crippen LogP contribution in [0.5, 0.6) is 0 Å². The number of hydrogen-bond donors (Lipinski definition) is 0. The smallest absolute Gasteiger partial charge is 0.339 e. The van der Waals surface area contributed by atoms with E-state index in [0.717, 1.165) is 15.3 Å². The van der Waals surface area contributed by atoms with Gasteiger partial charge in [-0.15, -0.1) is 11.3 Å². The van der Waals surface area contributed by atoms with Crippen molar-refractivity contribution in [3.8, 4) is 6.07 Å². The van der Waals surface area contributed by atoms with Gasteiger partial charge in [0, 0.05) is 22.0 Å². The van der Waals surface area contributed by atoms with Crippen LogP contribution in [-0.2, 0) is 9.53 Å². The first-order valence-corrected chi connectivity index (χ1v) is 8.72. The molecule has 1 amide bonds. The number of hydrogen-bond acceptors (Lipinski definition) is 5. The molecule has 1 aromatic carbocycles.